The standard InChI is InChI=1S/C9H10ClN3O3/c10-7-3-8(12-5-11-7)13-1-2-16-6(4-13)9(14)15/h3,5-6H,1-2,4H2,(H,14,15)/t6-/m0/s1. The number of aromatic nitrogens is 2. The van der Waals surface area contributed by atoms with Crippen LogP contribution in [-0.2, 0) is 9.53 Å². The molecule has 0 unspecified atom stereocenters. The van der Waals surface area contributed by atoms with Gasteiger partial charge in [0.05, 0.1) is 13.2 Å². The highest BCUT2D eigenvalue weighted by Crippen LogP contribution is 2.17. The second-order valence-corrected chi connectivity index (χ2v) is 3.73. The fraction of sp³-hybridized carbons (Fsp3) is 0.444. The monoisotopic (exact) mass is 243 g/mol. The summed E-state index contributed by atoms with van der Waals surface area (Å²) in [6, 6.07) is 1.60. The van der Waals surface area contributed by atoms with Gasteiger partial charge in [0.15, 0.2) is 6.10 Å². The summed E-state index contributed by atoms with van der Waals surface area (Å²) >= 11 is 5.74. The average molecular weight is 244 g/mol. The number of carboxylic acids is 1. The maximum absolute atomic E-state index is 10.8. The van der Waals surface area contributed by atoms with Gasteiger partial charge in [-0.1, -0.05) is 11.6 Å². The molecule has 2 heterocycles. The number of aliphatic carboxylic acids is 1. The van der Waals surface area contributed by atoms with Gasteiger partial charge in [0.1, 0.15) is 17.3 Å². The van der Waals surface area contributed by atoms with E-state index in [0.29, 0.717) is 24.1 Å². The summed E-state index contributed by atoms with van der Waals surface area (Å²) in [6.45, 7) is 1.22. The first kappa shape index (κ1) is 11.1. The average Bonchev–Trinajstić information content (AvgIpc) is 2.29. The zero-order chi connectivity index (χ0) is 11.5. The van der Waals surface area contributed by atoms with Crippen molar-refractivity contribution in [3.05, 3.63) is 17.5 Å². The summed E-state index contributed by atoms with van der Waals surface area (Å²) in [5, 5.41) is 9.18. The number of hydrogen-bond acceptors (Lipinski definition) is 5. The fourth-order valence-electron chi connectivity index (χ4n) is 1.50. The molecule has 86 valence electrons. The fourth-order valence-corrected chi connectivity index (χ4v) is 1.65. The summed E-state index contributed by atoms with van der Waals surface area (Å²) in [4.78, 5) is 20.4. The minimum Gasteiger partial charge on any atom is -0.479 e. The predicted molar refractivity (Wildman–Crippen MR) is 56.6 cm³/mol. The number of hydrogen-bond donors (Lipinski definition) is 1. The van der Waals surface area contributed by atoms with E-state index in [4.69, 9.17) is 21.4 Å². The van der Waals surface area contributed by atoms with Gasteiger partial charge < -0.3 is 14.7 Å². The quantitative estimate of drug-likeness (QED) is 0.759. The number of morpholine rings is 1. The zero-order valence-electron chi connectivity index (χ0n) is 8.34. The van der Waals surface area contributed by atoms with E-state index in [-0.39, 0.29) is 6.54 Å². The van der Waals surface area contributed by atoms with Crippen molar-refractivity contribution >= 4 is 23.4 Å². The molecular formula is C9H10ClN3O3. The molecule has 1 atom stereocenters. The van der Waals surface area contributed by atoms with Crippen LogP contribution in [0.4, 0.5) is 5.82 Å². The lowest BCUT2D eigenvalue weighted by Crippen LogP contribution is -2.46. The maximum atomic E-state index is 10.8. The maximum Gasteiger partial charge on any atom is 0.334 e. The third kappa shape index (κ3) is 2.40. The Morgan fingerprint density at radius 3 is 3.12 bits per heavy atom. The second kappa shape index (κ2) is 4.63. The minimum absolute atomic E-state index is 0.267. The lowest BCUT2D eigenvalue weighted by molar-refractivity contribution is -0.150. The zero-order valence-corrected chi connectivity index (χ0v) is 9.09. The number of carbonyl (C=O) groups is 1. The summed E-state index contributed by atoms with van der Waals surface area (Å²) in [7, 11) is 0. The molecule has 7 heteroatoms. The van der Waals surface area contributed by atoms with Crippen LogP contribution in [0.5, 0.6) is 0 Å². The number of nitrogens with zero attached hydrogens (tertiary/aromatic N) is 3. The lowest BCUT2D eigenvalue weighted by Gasteiger charge is -2.31. The van der Waals surface area contributed by atoms with E-state index in [2.05, 4.69) is 9.97 Å². The third-order valence-corrected chi connectivity index (χ3v) is 2.49. The summed E-state index contributed by atoms with van der Waals surface area (Å²) in [6.07, 6.45) is 0.533. The van der Waals surface area contributed by atoms with E-state index in [9.17, 15) is 4.79 Å². The normalized spacial score (nSPS) is 20.8. The summed E-state index contributed by atoms with van der Waals surface area (Å²) < 4.78 is 5.10. The molecule has 0 spiro atoms. The van der Waals surface area contributed by atoms with Crippen LogP contribution in [0, 0.1) is 0 Å². The number of carboxylic acid groups (broad SMARTS) is 1. The topological polar surface area (TPSA) is 75.5 Å². The molecule has 1 aliphatic rings. The Morgan fingerprint density at radius 2 is 2.44 bits per heavy atom. The van der Waals surface area contributed by atoms with Gasteiger partial charge in [-0.2, -0.15) is 0 Å². The highest BCUT2D eigenvalue weighted by atomic mass is 35.5. The van der Waals surface area contributed by atoms with E-state index < -0.39 is 12.1 Å². The van der Waals surface area contributed by atoms with Gasteiger partial charge in [0, 0.05) is 12.6 Å². The van der Waals surface area contributed by atoms with E-state index in [0.717, 1.165) is 0 Å². The molecular weight excluding hydrogens is 234 g/mol. The molecule has 1 saturated heterocycles. The minimum atomic E-state index is -0.968. The molecule has 1 aliphatic heterocycles. The van der Waals surface area contributed by atoms with Gasteiger partial charge in [0.2, 0.25) is 0 Å². The van der Waals surface area contributed by atoms with Gasteiger partial charge in [-0.05, 0) is 0 Å². The van der Waals surface area contributed by atoms with Crippen molar-refractivity contribution in [3.8, 4) is 0 Å². The van der Waals surface area contributed by atoms with Crippen molar-refractivity contribution in [2.75, 3.05) is 24.6 Å². The van der Waals surface area contributed by atoms with Crippen LogP contribution in [0.1, 0.15) is 0 Å². The largest absolute Gasteiger partial charge is 0.479 e. The Bertz CT molecular complexity index is 401. The van der Waals surface area contributed by atoms with E-state index >= 15 is 0 Å². The predicted octanol–water partition coefficient (Wildman–Crippen LogP) is 0.420. The number of anilines is 1. The molecule has 0 saturated carbocycles. The third-order valence-electron chi connectivity index (χ3n) is 2.29. The van der Waals surface area contributed by atoms with Crippen LogP contribution in [0.3, 0.4) is 0 Å². The van der Waals surface area contributed by atoms with Crippen molar-refractivity contribution < 1.29 is 14.6 Å². The van der Waals surface area contributed by atoms with Crippen LogP contribution < -0.4 is 4.90 Å². The number of ether oxygens (including phenoxy) is 1. The molecule has 0 aromatic carbocycles. The first-order valence-electron chi connectivity index (χ1n) is 4.74. The molecule has 0 amide bonds. The van der Waals surface area contributed by atoms with Crippen LogP contribution in [0.2, 0.25) is 5.15 Å². The summed E-state index contributed by atoms with van der Waals surface area (Å²) in [5.41, 5.74) is 0. The van der Waals surface area contributed by atoms with Crippen molar-refractivity contribution in [2.45, 2.75) is 6.10 Å². The molecule has 1 aromatic rings. The Labute approximate surface area is 96.8 Å². The van der Waals surface area contributed by atoms with E-state index in [1.54, 1.807) is 6.07 Å². The second-order valence-electron chi connectivity index (χ2n) is 3.34. The number of rotatable bonds is 2. The van der Waals surface area contributed by atoms with Gasteiger partial charge >= 0.3 is 5.97 Å². The molecule has 0 aliphatic carbocycles. The van der Waals surface area contributed by atoms with Crippen molar-refractivity contribution in [1.29, 1.82) is 0 Å². The van der Waals surface area contributed by atoms with Crippen LogP contribution in [0.15, 0.2) is 12.4 Å². The summed E-state index contributed by atoms with van der Waals surface area (Å²) in [5.74, 6) is -0.348. The Morgan fingerprint density at radius 1 is 1.62 bits per heavy atom. The highest BCUT2D eigenvalue weighted by molar-refractivity contribution is 6.29. The molecule has 16 heavy (non-hydrogen) atoms. The Balaban J connectivity index is 2.12. The highest BCUT2D eigenvalue weighted by Gasteiger charge is 2.26. The van der Waals surface area contributed by atoms with Crippen molar-refractivity contribution in [2.24, 2.45) is 0 Å². The molecule has 1 N–H and O–H groups in total. The van der Waals surface area contributed by atoms with Crippen LogP contribution >= 0.6 is 11.6 Å². The van der Waals surface area contributed by atoms with Gasteiger partial charge in [-0.15, -0.1) is 0 Å². The van der Waals surface area contributed by atoms with Gasteiger partial charge in [-0.3, -0.25) is 0 Å². The first-order chi connectivity index (χ1) is 7.66. The SMILES string of the molecule is O=C(O)[C@@H]1CN(c2cc(Cl)ncn2)CCO1. The molecule has 0 bridgehead atoms. The smallest absolute Gasteiger partial charge is 0.334 e. The first-order valence-corrected chi connectivity index (χ1v) is 5.11. The van der Waals surface area contributed by atoms with Crippen molar-refractivity contribution in [1.82, 2.24) is 9.97 Å². The molecule has 0 radical (unpaired) electrons. The van der Waals surface area contributed by atoms with E-state index in [1.165, 1.54) is 6.33 Å². The molecule has 6 nitrogen and oxygen atoms in total. The Hall–Kier alpha value is -1.40. The Kier molecular flexibility index (Phi) is 3.21. The molecule has 1 fully saturated rings. The van der Waals surface area contributed by atoms with Gasteiger partial charge in [-0.25, -0.2) is 14.8 Å². The molecule has 1 aromatic heterocycles. The number of halogens is 1. The van der Waals surface area contributed by atoms with Crippen LogP contribution in [0.25, 0.3) is 0 Å². The molecule has 2 rings (SSSR count). The van der Waals surface area contributed by atoms with Crippen LogP contribution in [-0.4, -0.2) is 46.8 Å². The van der Waals surface area contributed by atoms with E-state index in [1.807, 2.05) is 4.90 Å². The van der Waals surface area contributed by atoms with Gasteiger partial charge in [0.25, 0.3) is 0 Å². The lowest BCUT2D eigenvalue weighted by atomic mass is 10.2. The van der Waals surface area contributed by atoms with Crippen molar-refractivity contribution in [3.63, 3.8) is 0 Å².